The van der Waals surface area contributed by atoms with Crippen molar-refractivity contribution in [3.8, 4) is 11.5 Å². The van der Waals surface area contributed by atoms with Gasteiger partial charge < -0.3 is 14.8 Å². The summed E-state index contributed by atoms with van der Waals surface area (Å²) in [5.74, 6) is 2.41. The third kappa shape index (κ3) is 2.89. The Morgan fingerprint density at radius 1 is 1.19 bits per heavy atom. The van der Waals surface area contributed by atoms with Crippen LogP contribution in [-0.4, -0.2) is 19.8 Å². The summed E-state index contributed by atoms with van der Waals surface area (Å²) in [6.07, 6.45) is 0. The second kappa shape index (κ2) is 5.21. The van der Waals surface area contributed by atoms with Crippen LogP contribution < -0.4 is 14.8 Å². The van der Waals surface area contributed by atoms with Crippen LogP contribution in [0.3, 0.4) is 0 Å². The number of rotatable bonds is 4. The minimum Gasteiger partial charge on any atom is -0.486 e. The Hall–Kier alpha value is -1.22. The fourth-order valence-corrected chi connectivity index (χ4v) is 1.70. The van der Waals surface area contributed by atoms with Crippen molar-refractivity contribution in [1.82, 2.24) is 5.32 Å². The zero-order chi connectivity index (χ0) is 11.4. The Balaban J connectivity index is 1.95. The van der Waals surface area contributed by atoms with Crippen LogP contribution in [-0.2, 0) is 6.54 Å². The van der Waals surface area contributed by atoms with Crippen LogP contribution in [0, 0.1) is 5.92 Å². The van der Waals surface area contributed by atoms with Gasteiger partial charge in [0.25, 0.3) is 0 Å². The predicted molar refractivity (Wildman–Crippen MR) is 64.0 cm³/mol. The molecule has 1 aromatic carbocycles. The third-order valence-corrected chi connectivity index (χ3v) is 2.49. The molecule has 3 nitrogen and oxygen atoms in total. The van der Waals surface area contributed by atoms with Gasteiger partial charge in [-0.05, 0) is 30.2 Å². The smallest absolute Gasteiger partial charge is 0.161 e. The number of hydrogen-bond acceptors (Lipinski definition) is 3. The highest BCUT2D eigenvalue weighted by Crippen LogP contribution is 2.30. The summed E-state index contributed by atoms with van der Waals surface area (Å²) in [6.45, 7) is 7.63. The Bertz CT molecular complexity index is 350. The molecule has 1 aliphatic heterocycles. The maximum atomic E-state index is 5.54. The summed E-state index contributed by atoms with van der Waals surface area (Å²) in [4.78, 5) is 0. The zero-order valence-corrected chi connectivity index (χ0v) is 9.95. The minimum absolute atomic E-state index is 0.649. The largest absolute Gasteiger partial charge is 0.486 e. The lowest BCUT2D eigenvalue weighted by molar-refractivity contribution is 0.171. The number of hydrogen-bond donors (Lipinski definition) is 1. The minimum atomic E-state index is 0.649. The topological polar surface area (TPSA) is 30.5 Å². The van der Waals surface area contributed by atoms with Gasteiger partial charge in [-0.2, -0.15) is 0 Å². The van der Waals surface area contributed by atoms with Gasteiger partial charge in [0.2, 0.25) is 0 Å². The Labute approximate surface area is 96.8 Å². The average molecular weight is 221 g/mol. The first-order chi connectivity index (χ1) is 7.75. The van der Waals surface area contributed by atoms with E-state index in [-0.39, 0.29) is 0 Å². The molecule has 0 aromatic heterocycles. The van der Waals surface area contributed by atoms with Crippen LogP contribution in [0.5, 0.6) is 11.5 Å². The number of nitrogens with one attached hydrogen (secondary N) is 1. The van der Waals surface area contributed by atoms with E-state index >= 15 is 0 Å². The molecule has 1 aromatic rings. The Morgan fingerprint density at radius 2 is 1.94 bits per heavy atom. The van der Waals surface area contributed by atoms with Crippen molar-refractivity contribution in [2.24, 2.45) is 5.92 Å². The predicted octanol–water partition coefficient (Wildman–Crippen LogP) is 2.20. The average Bonchev–Trinajstić information content (AvgIpc) is 2.28. The molecule has 0 unspecified atom stereocenters. The molecule has 0 saturated carbocycles. The Kier molecular flexibility index (Phi) is 3.67. The molecular weight excluding hydrogens is 202 g/mol. The maximum Gasteiger partial charge on any atom is 0.161 e. The first kappa shape index (κ1) is 11.3. The van der Waals surface area contributed by atoms with Crippen LogP contribution in [0.4, 0.5) is 0 Å². The molecule has 0 aliphatic carbocycles. The molecule has 1 aliphatic rings. The molecule has 0 radical (unpaired) electrons. The molecule has 0 spiro atoms. The van der Waals surface area contributed by atoms with E-state index in [1.54, 1.807) is 0 Å². The van der Waals surface area contributed by atoms with Gasteiger partial charge in [0.05, 0.1) is 0 Å². The second-order valence-electron chi connectivity index (χ2n) is 4.50. The van der Waals surface area contributed by atoms with Gasteiger partial charge in [-0.1, -0.05) is 19.9 Å². The SMILES string of the molecule is CC(C)CNCc1ccc2c(c1)OCCO2. The molecule has 88 valence electrons. The quantitative estimate of drug-likeness (QED) is 0.845. The molecule has 0 saturated heterocycles. The summed E-state index contributed by atoms with van der Waals surface area (Å²) in [7, 11) is 0. The lowest BCUT2D eigenvalue weighted by Gasteiger charge is -2.19. The molecule has 1 heterocycles. The van der Waals surface area contributed by atoms with Crippen LogP contribution in [0.2, 0.25) is 0 Å². The zero-order valence-electron chi connectivity index (χ0n) is 9.95. The highest BCUT2D eigenvalue weighted by molar-refractivity contribution is 5.43. The van der Waals surface area contributed by atoms with Gasteiger partial charge in [0.1, 0.15) is 13.2 Å². The van der Waals surface area contributed by atoms with Gasteiger partial charge >= 0.3 is 0 Å². The molecular formula is C13H19NO2. The van der Waals surface area contributed by atoms with Crippen molar-refractivity contribution >= 4 is 0 Å². The summed E-state index contributed by atoms with van der Waals surface area (Å²) in [5.41, 5.74) is 1.24. The normalized spacial score (nSPS) is 14.2. The van der Waals surface area contributed by atoms with E-state index in [1.165, 1.54) is 5.56 Å². The van der Waals surface area contributed by atoms with Gasteiger partial charge in [-0.3, -0.25) is 0 Å². The van der Waals surface area contributed by atoms with Gasteiger partial charge in [-0.25, -0.2) is 0 Å². The fraction of sp³-hybridized carbons (Fsp3) is 0.538. The lowest BCUT2D eigenvalue weighted by Crippen LogP contribution is -2.19. The van der Waals surface area contributed by atoms with Crippen LogP contribution in [0.25, 0.3) is 0 Å². The standard InChI is InChI=1S/C13H19NO2/c1-10(2)8-14-9-11-3-4-12-13(7-11)16-6-5-15-12/h3-4,7,10,14H,5-6,8-9H2,1-2H3. The van der Waals surface area contributed by atoms with Crippen molar-refractivity contribution in [1.29, 1.82) is 0 Å². The number of ether oxygens (including phenoxy) is 2. The van der Waals surface area contributed by atoms with E-state index in [0.717, 1.165) is 24.6 Å². The number of fused-ring (bicyclic) bond motifs is 1. The van der Waals surface area contributed by atoms with Crippen molar-refractivity contribution in [3.63, 3.8) is 0 Å². The summed E-state index contributed by atoms with van der Waals surface area (Å²) < 4.78 is 11.0. The molecule has 0 bridgehead atoms. The van der Waals surface area contributed by atoms with E-state index in [2.05, 4.69) is 31.3 Å². The van der Waals surface area contributed by atoms with E-state index in [9.17, 15) is 0 Å². The molecule has 16 heavy (non-hydrogen) atoms. The fourth-order valence-electron chi connectivity index (χ4n) is 1.70. The van der Waals surface area contributed by atoms with Crippen molar-refractivity contribution in [2.45, 2.75) is 20.4 Å². The van der Waals surface area contributed by atoms with Crippen molar-refractivity contribution in [3.05, 3.63) is 23.8 Å². The highest BCUT2D eigenvalue weighted by atomic mass is 16.6. The molecule has 0 atom stereocenters. The van der Waals surface area contributed by atoms with Crippen LogP contribution in [0.15, 0.2) is 18.2 Å². The molecule has 0 amide bonds. The summed E-state index contributed by atoms with van der Waals surface area (Å²) in [5, 5.41) is 3.41. The highest BCUT2D eigenvalue weighted by Gasteiger charge is 2.11. The van der Waals surface area contributed by atoms with Gasteiger partial charge in [-0.15, -0.1) is 0 Å². The summed E-state index contributed by atoms with van der Waals surface area (Å²) in [6, 6.07) is 6.13. The van der Waals surface area contributed by atoms with Gasteiger partial charge in [0.15, 0.2) is 11.5 Å². The first-order valence-electron chi connectivity index (χ1n) is 5.85. The molecule has 2 rings (SSSR count). The summed E-state index contributed by atoms with van der Waals surface area (Å²) >= 11 is 0. The monoisotopic (exact) mass is 221 g/mol. The van der Waals surface area contributed by atoms with Crippen molar-refractivity contribution < 1.29 is 9.47 Å². The number of benzene rings is 1. The van der Waals surface area contributed by atoms with E-state index in [4.69, 9.17) is 9.47 Å². The molecule has 3 heteroatoms. The van der Waals surface area contributed by atoms with Gasteiger partial charge in [0, 0.05) is 6.54 Å². The van der Waals surface area contributed by atoms with Crippen LogP contribution >= 0.6 is 0 Å². The first-order valence-corrected chi connectivity index (χ1v) is 5.85. The maximum absolute atomic E-state index is 5.54. The third-order valence-electron chi connectivity index (χ3n) is 2.49. The van der Waals surface area contributed by atoms with E-state index in [1.807, 2.05) is 6.07 Å². The van der Waals surface area contributed by atoms with E-state index < -0.39 is 0 Å². The lowest BCUT2D eigenvalue weighted by atomic mass is 10.1. The van der Waals surface area contributed by atoms with E-state index in [0.29, 0.717) is 19.1 Å². The van der Waals surface area contributed by atoms with Crippen LogP contribution in [0.1, 0.15) is 19.4 Å². The Morgan fingerprint density at radius 3 is 2.69 bits per heavy atom. The molecule has 0 fully saturated rings. The molecule has 1 N–H and O–H groups in total. The second-order valence-corrected chi connectivity index (χ2v) is 4.50. The van der Waals surface area contributed by atoms with Crippen molar-refractivity contribution in [2.75, 3.05) is 19.8 Å².